The number of hydrogen-bond donors (Lipinski definition) is 0. The molecule has 2 amide bonds. The predicted octanol–water partition coefficient (Wildman–Crippen LogP) is 4.01. The van der Waals surface area contributed by atoms with E-state index >= 15 is 0 Å². The Morgan fingerprint density at radius 2 is 1.58 bits per heavy atom. The third kappa shape index (κ3) is 3.16. The van der Waals surface area contributed by atoms with Crippen LogP contribution >= 0.6 is 11.6 Å². The van der Waals surface area contributed by atoms with Crippen molar-refractivity contribution in [1.82, 2.24) is 5.01 Å². The van der Waals surface area contributed by atoms with E-state index in [1.807, 2.05) is 24.3 Å². The molecule has 4 atom stereocenters. The zero-order valence-electron chi connectivity index (χ0n) is 18.5. The lowest BCUT2D eigenvalue weighted by atomic mass is 9.83. The molecule has 0 spiro atoms. The van der Waals surface area contributed by atoms with Crippen LogP contribution in [-0.4, -0.2) is 39.8 Å². The van der Waals surface area contributed by atoms with Crippen molar-refractivity contribution in [1.29, 1.82) is 0 Å². The number of halogens is 1. The van der Waals surface area contributed by atoms with Crippen LogP contribution in [-0.2, 0) is 9.59 Å². The van der Waals surface area contributed by atoms with Gasteiger partial charge in [-0.3, -0.25) is 29.5 Å². The number of nitro groups is 1. The van der Waals surface area contributed by atoms with Crippen LogP contribution in [0.1, 0.15) is 27.5 Å². The lowest BCUT2D eigenvalue weighted by molar-refractivity contribution is -0.384. The van der Waals surface area contributed by atoms with Crippen molar-refractivity contribution >= 4 is 46.8 Å². The number of nitrogens with zero attached hydrogens (tertiary/aromatic N) is 4. The van der Waals surface area contributed by atoms with E-state index in [1.54, 1.807) is 35.5 Å². The van der Waals surface area contributed by atoms with Crippen LogP contribution in [0, 0.1) is 22.0 Å². The number of ketones is 1. The Morgan fingerprint density at radius 1 is 0.917 bits per heavy atom. The van der Waals surface area contributed by atoms with Crippen molar-refractivity contribution in [3.63, 3.8) is 0 Å². The van der Waals surface area contributed by atoms with Crippen molar-refractivity contribution in [2.24, 2.45) is 16.9 Å². The number of hydrazone groups is 1. The lowest BCUT2D eigenvalue weighted by Crippen LogP contribution is -2.44. The second kappa shape index (κ2) is 8.10. The van der Waals surface area contributed by atoms with Gasteiger partial charge >= 0.3 is 0 Å². The van der Waals surface area contributed by atoms with Crippen LogP contribution < -0.4 is 4.90 Å². The molecule has 4 unspecified atom stereocenters. The number of nitro benzene ring substituents is 1. The quantitative estimate of drug-likeness (QED) is 0.231. The Balaban J connectivity index is 1.47. The number of non-ortho nitro benzene ring substituents is 1. The molecule has 0 radical (unpaired) electrons. The number of imide groups is 1. The average molecular weight is 501 g/mol. The van der Waals surface area contributed by atoms with E-state index < -0.39 is 40.7 Å². The Labute approximate surface area is 209 Å². The summed E-state index contributed by atoms with van der Waals surface area (Å²) in [5.74, 6) is -3.18. The first-order chi connectivity index (χ1) is 17.4. The summed E-state index contributed by atoms with van der Waals surface area (Å²) < 4.78 is 0. The molecule has 0 aliphatic carbocycles. The second-order valence-corrected chi connectivity index (χ2v) is 9.29. The SMILES string of the molecule is O=C(c1ccc(Cl)cc1)C1C2C(=O)N(c3ccc([N+](=O)[O-])cc3)C(=O)C2C2c3ccccc3C=NN12. The van der Waals surface area contributed by atoms with E-state index in [4.69, 9.17) is 11.6 Å². The van der Waals surface area contributed by atoms with Crippen molar-refractivity contribution in [2.75, 3.05) is 4.90 Å². The summed E-state index contributed by atoms with van der Waals surface area (Å²) in [6, 6.07) is 17.4. The molecular formula is C26H17ClN4O5. The van der Waals surface area contributed by atoms with E-state index in [0.717, 1.165) is 16.0 Å². The number of carbonyl (C=O) groups is 3. The van der Waals surface area contributed by atoms with Crippen LogP contribution in [0.25, 0.3) is 0 Å². The third-order valence-corrected chi connectivity index (χ3v) is 7.26. The number of amides is 2. The van der Waals surface area contributed by atoms with E-state index in [-0.39, 0.29) is 17.2 Å². The fourth-order valence-corrected chi connectivity index (χ4v) is 5.56. The largest absolute Gasteiger partial charge is 0.292 e. The first-order valence-corrected chi connectivity index (χ1v) is 11.6. The molecule has 0 saturated carbocycles. The highest BCUT2D eigenvalue weighted by molar-refractivity contribution is 6.30. The van der Waals surface area contributed by atoms with Crippen LogP contribution in [0.2, 0.25) is 5.02 Å². The highest BCUT2D eigenvalue weighted by atomic mass is 35.5. The van der Waals surface area contributed by atoms with E-state index in [1.165, 1.54) is 24.3 Å². The molecule has 2 saturated heterocycles. The molecule has 3 aliphatic heterocycles. The first kappa shape index (κ1) is 22.1. The minimum atomic E-state index is -1.01. The van der Waals surface area contributed by atoms with Crippen LogP contribution in [0.5, 0.6) is 0 Å². The predicted molar refractivity (Wildman–Crippen MR) is 131 cm³/mol. The standard InChI is InChI=1S/C26H17ClN4O5/c27-16-7-5-14(6-8-16)24(32)23-21-20(22-19-4-2-1-3-15(19)13-28-30(22)23)25(33)29(26(21)34)17-9-11-18(12-10-17)31(35)36/h1-13,20-23H. The summed E-state index contributed by atoms with van der Waals surface area (Å²) in [7, 11) is 0. The number of Topliss-reactive ketones (excluding diaryl/α,β-unsaturated/α-hetero) is 1. The highest BCUT2D eigenvalue weighted by Gasteiger charge is 2.65. The van der Waals surface area contributed by atoms with Gasteiger partial charge in [0.15, 0.2) is 5.78 Å². The highest BCUT2D eigenvalue weighted by Crippen LogP contribution is 2.53. The first-order valence-electron chi connectivity index (χ1n) is 11.2. The Morgan fingerprint density at radius 3 is 2.28 bits per heavy atom. The average Bonchev–Trinajstić information content (AvgIpc) is 3.36. The van der Waals surface area contributed by atoms with Crippen molar-refractivity contribution < 1.29 is 19.3 Å². The fraction of sp³-hybridized carbons (Fsp3) is 0.154. The topological polar surface area (TPSA) is 113 Å². The zero-order valence-corrected chi connectivity index (χ0v) is 19.3. The molecule has 3 aliphatic rings. The van der Waals surface area contributed by atoms with Crippen LogP contribution in [0.3, 0.4) is 0 Å². The van der Waals surface area contributed by atoms with Gasteiger partial charge in [-0.25, -0.2) is 4.90 Å². The van der Waals surface area contributed by atoms with Gasteiger partial charge in [0, 0.05) is 22.7 Å². The van der Waals surface area contributed by atoms with Gasteiger partial charge in [0.2, 0.25) is 11.8 Å². The minimum absolute atomic E-state index is 0.157. The van der Waals surface area contributed by atoms with Gasteiger partial charge in [0.25, 0.3) is 5.69 Å². The van der Waals surface area contributed by atoms with Gasteiger partial charge in [0.1, 0.15) is 6.04 Å². The van der Waals surface area contributed by atoms with E-state index in [2.05, 4.69) is 5.10 Å². The van der Waals surface area contributed by atoms with E-state index in [9.17, 15) is 24.5 Å². The number of hydrogen-bond acceptors (Lipinski definition) is 7. The smallest absolute Gasteiger partial charge is 0.269 e. The molecule has 2 fully saturated rings. The summed E-state index contributed by atoms with van der Waals surface area (Å²) >= 11 is 6.00. The van der Waals surface area contributed by atoms with Crippen molar-refractivity contribution in [3.8, 4) is 0 Å². The molecule has 3 heterocycles. The molecule has 0 aromatic heterocycles. The summed E-state index contributed by atoms with van der Waals surface area (Å²) in [4.78, 5) is 52.9. The number of benzene rings is 3. The molecule has 3 aromatic carbocycles. The molecule has 0 bridgehead atoms. The second-order valence-electron chi connectivity index (χ2n) is 8.85. The fourth-order valence-electron chi connectivity index (χ4n) is 5.43. The van der Waals surface area contributed by atoms with Gasteiger partial charge in [-0.15, -0.1) is 0 Å². The van der Waals surface area contributed by atoms with Gasteiger partial charge in [-0.1, -0.05) is 35.9 Å². The molecule has 0 N–H and O–H groups in total. The molecule has 10 heteroatoms. The molecule has 36 heavy (non-hydrogen) atoms. The van der Waals surface area contributed by atoms with E-state index in [0.29, 0.717) is 10.6 Å². The summed E-state index contributed by atoms with van der Waals surface area (Å²) in [5.41, 5.74) is 2.04. The summed E-state index contributed by atoms with van der Waals surface area (Å²) in [5, 5.41) is 17.6. The van der Waals surface area contributed by atoms with Crippen molar-refractivity contribution in [2.45, 2.75) is 12.1 Å². The van der Waals surface area contributed by atoms with Crippen LogP contribution in [0.15, 0.2) is 77.9 Å². The monoisotopic (exact) mass is 500 g/mol. The van der Waals surface area contributed by atoms with Gasteiger partial charge in [-0.05, 0) is 47.5 Å². The number of rotatable bonds is 4. The minimum Gasteiger partial charge on any atom is -0.292 e. The normalized spacial score (nSPS) is 23.9. The van der Waals surface area contributed by atoms with Gasteiger partial charge < -0.3 is 0 Å². The third-order valence-electron chi connectivity index (χ3n) is 7.01. The molecule has 9 nitrogen and oxygen atoms in total. The summed E-state index contributed by atoms with van der Waals surface area (Å²) in [6.45, 7) is 0. The Hall–Kier alpha value is -4.37. The number of carbonyl (C=O) groups excluding carboxylic acids is 3. The number of anilines is 1. The summed E-state index contributed by atoms with van der Waals surface area (Å²) in [6.07, 6.45) is 1.64. The number of fused-ring (bicyclic) bond motifs is 5. The van der Waals surface area contributed by atoms with Gasteiger partial charge in [0.05, 0.1) is 34.7 Å². The Bertz CT molecular complexity index is 1470. The molecule has 178 valence electrons. The molecule has 3 aromatic rings. The maximum absolute atomic E-state index is 13.8. The van der Waals surface area contributed by atoms with Crippen molar-refractivity contribution in [3.05, 3.63) is 105 Å². The maximum atomic E-state index is 13.8. The van der Waals surface area contributed by atoms with Gasteiger partial charge in [-0.2, -0.15) is 5.10 Å². The molecule has 6 rings (SSSR count). The zero-order chi connectivity index (χ0) is 25.1. The lowest BCUT2D eigenvalue weighted by Gasteiger charge is -2.33. The molecular weight excluding hydrogens is 484 g/mol. The maximum Gasteiger partial charge on any atom is 0.269 e. The van der Waals surface area contributed by atoms with Crippen LogP contribution in [0.4, 0.5) is 11.4 Å². The Kier molecular flexibility index (Phi) is 4.97.